The average Bonchev–Trinajstić information content (AvgIpc) is 2.53. The number of nitrogens with one attached hydrogen (secondary N) is 1. The maximum absolute atomic E-state index is 12.1. The maximum Gasteiger partial charge on any atom is 0.345 e. The summed E-state index contributed by atoms with van der Waals surface area (Å²) >= 11 is 5.97. The molecule has 0 radical (unpaired) electrons. The van der Waals surface area contributed by atoms with Crippen molar-refractivity contribution < 1.29 is 4.42 Å². The molecule has 3 aromatic rings. The Labute approximate surface area is 132 Å². The van der Waals surface area contributed by atoms with E-state index in [1.807, 2.05) is 30.3 Å². The summed E-state index contributed by atoms with van der Waals surface area (Å²) in [6, 6.07) is 16.4. The van der Waals surface area contributed by atoms with Gasteiger partial charge in [-0.2, -0.15) is 5.10 Å². The van der Waals surface area contributed by atoms with Crippen molar-refractivity contribution in [3.8, 4) is 0 Å². The summed E-state index contributed by atoms with van der Waals surface area (Å²) in [6.45, 7) is 1.75. The number of anilines is 1. The highest BCUT2D eigenvalue weighted by molar-refractivity contribution is 6.31. The zero-order valence-corrected chi connectivity index (χ0v) is 12.6. The molecule has 5 heteroatoms. The number of nitrogens with zero attached hydrogens (tertiary/aromatic N) is 1. The molecule has 0 fully saturated rings. The third-order valence-electron chi connectivity index (χ3n) is 3.21. The highest BCUT2D eigenvalue weighted by atomic mass is 35.5. The van der Waals surface area contributed by atoms with Crippen LogP contribution in [0, 0.1) is 0 Å². The van der Waals surface area contributed by atoms with Crippen LogP contribution in [0.3, 0.4) is 0 Å². The average molecular weight is 313 g/mol. The van der Waals surface area contributed by atoms with Gasteiger partial charge in [-0.25, -0.2) is 4.79 Å². The number of halogens is 1. The summed E-state index contributed by atoms with van der Waals surface area (Å²) in [5, 5.41) is 5.58. The molecule has 1 N–H and O–H groups in total. The monoisotopic (exact) mass is 312 g/mol. The smallest absolute Gasteiger partial charge is 0.345 e. The van der Waals surface area contributed by atoms with Gasteiger partial charge in [-0.15, -0.1) is 0 Å². The van der Waals surface area contributed by atoms with Gasteiger partial charge in [0.1, 0.15) is 5.58 Å². The number of benzene rings is 2. The number of rotatable bonds is 3. The predicted molar refractivity (Wildman–Crippen MR) is 89.8 cm³/mol. The summed E-state index contributed by atoms with van der Waals surface area (Å²) in [6.07, 6.45) is 0. The SMILES string of the molecule is C/C(=N/Nc1ccccc1)c1cc2cc(Cl)ccc2oc1=O. The van der Waals surface area contributed by atoms with E-state index in [1.165, 1.54) is 0 Å². The standard InChI is InChI=1S/C17H13ClN2O2/c1-11(19-20-14-5-3-2-4-6-14)15-10-12-9-13(18)7-8-16(12)22-17(15)21/h2-10,20H,1H3/b19-11-. The molecule has 110 valence electrons. The minimum Gasteiger partial charge on any atom is -0.422 e. The van der Waals surface area contributed by atoms with Crippen LogP contribution in [0.5, 0.6) is 0 Å². The molecule has 0 saturated heterocycles. The molecule has 1 heterocycles. The molecule has 0 atom stereocenters. The molecule has 0 spiro atoms. The lowest BCUT2D eigenvalue weighted by Crippen LogP contribution is -2.13. The van der Waals surface area contributed by atoms with E-state index in [-0.39, 0.29) is 0 Å². The molecule has 1 aromatic heterocycles. The Kier molecular flexibility index (Phi) is 3.94. The van der Waals surface area contributed by atoms with Crippen molar-refractivity contribution in [2.45, 2.75) is 6.92 Å². The summed E-state index contributed by atoms with van der Waals surface area (Å²) < 4.78 is 5.30. The van der Waals surface area contributed by atoms with Gasteiger partial charge in [0.2, 0.25) is 0 Å². The molecule has 0 aliphatic carbocycles. The summed E-state index contributed by atoms with van der Waals surface area (Å²) in [7, 11) is 0. The number of hydrazone groups is 1. The lowest BCUT2D eigenvalue weighted by Gasteiger charge is -2.04. The lowest BCUT2D eigenvalue weighted by atomic mass is 10.1. The molecule has 0 unspecified atom stereocenters. The molecule has 22 heavy (non-hydrogen) atoms. The Bertz CT molecular complexity index is 901. The third-order valence-corrected chi connectivity index (χ3v) is 3.45. The van der Waals surface area contributed by atoms with E-state index in [0.29, 0.717) is 21.9 Å². The first-order valence-electron chi connectivity index (χ1n) is 6.72. The van der Waals surface area contributed by atoms with Crippen LogP contribution in [0.2, 0.25) is 5.02 Å². The molecule has 0 aliphatic heterocycles. The van der Waals surface area contributed by atoms with Gasteiger partial charge in [-0.3, -0.25) is 5.43 Å². The largest absolute Gasteiger partial charge is 0.422 e. The first kappa shape index (κ1) is 14.4. The molecule has 2 aromatic carbocycles. The van der Waals surface area contributed by atoms with Crippen molar-refractivity contribution in [3.63, 3.8) is 0 Å². The fourth-order valence-electron chi connectivity index (χ4n) is 2.07. The Morgan fingerprint density at radius 3 is 2.68 bits per heavy atom. The molecular weight excluding hydrogens is 300 g/mol. The van der Waals surface area contributed by atoms with Gasteiger partial charge >= 0.3 is 5.63 Å². The Balaban J connectivity index is 1.98. The van der Waals surface area contributed by atoms with Crippen LogP contribution in [0.25, 0.3) is 11.0 Å². The summed E-state index contributed by atoms with van der Waals surface area (Å²) in [5.41, 5.74) is 4.77. The van der Waals surface area contributed by atoms with E-state index in [2.05, 4.69) is 10.5 Å². The molecule has 0 amide bonds. The summed E-state index contributed by atoms with van der Waals surface area (Å²) in [5.74, 6) is 0. The van der Waals surface area contributed by atoms with Crippen LogP contribution in [0.1, 0.15) is 12.5 Å². The topological polar surface area (TPSA) is 54.6 Å². The normalized spacial score (nSPS) is 11.6. The number of hydrogen-bond acceptors (Lipinski definition) is 4. The fourth-order valence-corrected chi connectivity index (χ4v) is 2.25. The molecule has 3 rings (SSSR count). The van der Waals surface area contributed by atoms with Crippen LogP contribution in [0.15, 0.2) is 68.9 Å². The highest BCUT2D eigenvalue weighted by Gasteiger charge is 2.08. The van der Waals surface area contributed by atoms with E-state index < -0.39 is 5.63 Å². The van der Waals surface area contributed by atoms with Crippen molar-refractivity contribution in [2.75, 3.05) is 5.43 Å². The van der Waals surface area contributed by atoms with Crippen molar-refractivity contribution in [2.24, 2.45) is 5.10 Å². The van der Waals surface area contributed by atoms with Gasteiger partial charge in [0.25, 0.3) is 0 Å². The van der Waals surface area contributed by atoms with E-state index in [9.17, 15) is 4.79 Å². The molecule has 0 saturated carbocycles. The minimum atomic E-state index is -0.425. The van der Waals surface area contributed by atoms with Gasteiger partial charge in [0, 0.05) is 10.4 Å². The van der Waals surface area contributed by atoms with Gasteiger partial charge in [0.05, 0.1) is 17.0 Å². The van der Waals surface area contributed by atoms with Crippen LogP contribution >= 0.6 is 11.6 Å². The van der Waals surface area contributed by atoms with Crippen molar-refractivity contribution in [1.82, 2.24) is 0 Å². The van der Waals surface area contributed by atoms with Gasteiger partial charge in [0.15, 0.2) is 0 Å². The number of hydrogen-bond donors (Lipinski definition) is 1. The quantitative estimate of drug-likeness (QED) is 0.446. The minimum absolute atomic E-state index is 0.401. The van der Waals surface area contributed by atoms with Gasteiger partial charge < -0.3 is 4.42 Å². The second-order valence-corrected chi connectivity index (χ2v) is 5.24. The van der Waals surface area contributed by atoms with Crippen LogP contribution in [0.4, 0.5) is 5.69 Å². The zero-order valence-electron chi connectivity index (χ0n) is 11.8. The van der Waals surface area contributed by atoms with Crippen LogP contribution in [-0.2, 0) is 0 Å². The first-order valence-corrected chi connectivity index (χ1v) is 7.10. The third kappa shape index (κ3) is 3.02. The maximum atomic E-state index is 12.1. The van der Waals surface area contributed by atoms with Crippen molar-refractivity contribution >= 4 is 34.0 Å². The van der Waals surface area contributed by atoms with Crippen LogP contribution in [-0.4, -0.2) is 5.71 Å². The second kappa shape index (κ2) is 6.03. The molecule has 4 nitrogen and oxygen atoms in total. The zero-order chi connectivity index (χ0) is 15.5. The van der Waals surface area contributed by atoms with E-state index in [4.69, 9.17) is 16.0 Å². The first-order chi connectivity index (χ1) is 10.6. The Morgan fingerprint density at radius 2 is 1.91 bits per heavy atom. The Hall–Kier alpha value is -2.59. The molecule has 0 aliphatic rings. The lowest BCUT2D eigenvalue weighted by molar-refractivity contribution is 0.559. The van der Waals surface area contributed by atoms with E-state index in [0.717, 1.165) is 11.1 Å². The van der Waals surface area contributed by atoms with E-state index in [1.54, 1.807) is 31.2 Å². The number of para-hydroxylation sites is 1. The highest BCUT2D eigenvalue weighted by Crippen LogP contribution is 2.19. The predicted octanol–water partition coefficient (Wildman–Crippen LogP) is 4.28. The van der Waals surface area contributed by atoms with Crippen molar-refractivity contribution in [3.05, 3.63) is 75.6 Å². The Morgan fingerprint density at radius 1 is 1.14 bits per heavy atom. The molecular formula is C17H13ClN2O2. The van der Waals surface area contributed by atoms with E-state index >= 15 is 0 Å². The number of fused-ring (bicyclic) bond motifs is 1. The van der Waals surface area contributed by atoms with Gasteiger partial charge in [-0.05, 0) is 43.3 Å². The van der Waals surface area contributed by atoms with Crippen LogP contribution < -0.4 is 11.1 Å². The molecule has 0 bridgehead atoms. The van der Waals surface area contributed by atoms with Crippen molar-refractivity contribution in [1.29, 1.82) is 0 Å². The van der Waals surface area contributed by atoms with Gasteiger partial charge in [-0.1, -0.05) is 29.8 Å². The fraction of sp³-hybridized carbons (Fsp3) is 0.0588. The summed E-state index contributed by atoms with van der Waals surface area (Å²) in [4.78, 5) is 12.1. The second-order valence-electron chi connectivity index (χ2n) is 4.80.